The normalized spacial score (nSPS) is 12.0. The molecular formula is C16H25N3O3. The Morgan fingerprint density at radius 1 is 1.27 bits per heavy atom. The molecule has 4 N–H and O–H groups in total. The maximum absolute atomic E-state index is 12.2. The van der Waals surface area contributed by atoms with Crippen molar-refractivity contribution >= 4 is 17.5 Å². The van der Waals surface area contributed by atoms with Crippen molar-refractivity contribution in [2.75, 3.05) is 25.5 Å². The highest BCUT2D eigenvalue weighted by Crippen LogP contribution is 2.15. The Morgan fingerprint density at radius 2 is 1.95 bits per heavy atom. The van der Waals surface area contributed by atoms with Gasteiger partial charge in [0.15, 0.2) is 0 Å². The lowest BCUT2D eigenvalue weighted by molar-refractivity contribution is -0.118. The zero-order valence-corrected chi connectivity index (χ0v) is 13.4. The van der Waals surface area contributed by atoms with Gasteiger partial charge < -0.3 is 21.1 Å². The highest BCUT2D eigenvalue weighted by atomic mass is 16.5. The molecule has 1 aromatic rings. The van der Waals surface area contributed by atoms with Crippen molar-refractivity contribution in [3.63, 3.8) is 0 Å². The summed E-state index contributed by atoms with van der Waals surface area (Å²) in [6.07, 6.45) is -0.184. The van der Waals surface area contributed by atoms with Crippen molar-refractivity contribution < 1.29 is 14.3 Å². The van der Waals surface area contributed by atoms with E-state index in [2.05, 4.69) is 10.6 Å². The van der Waals surface area contributed by atoms with Gasteiger partial charge in [0.25, 0.3) is 5.91 Å². The Bertz CT molecular complexity index is 499. The van der Waals surface area contributed by atoms with E-state index in [1.807, 2.05) is 13.8 Å². The van der Waals surface area contributed by atoms with Crippen molar-refractivity contribution in [2.24, 2.45) is 11.7 Å². The number of ether oxygens (including phenoxy) is 1. The summed E-state index contributed by atoms with van der Waals surface area (Å²) < 4.78 is 5.09. The number of carbonyl (C=O) groups is 2. The third kappa shape index (κ3) is 5.83. The summed E-state index contributed by atoms with van der Waals surface area (Å²) in [7, 11) is 1.51. The van der Waals surface area contributed by atoms with Crippen LogP contribution in [0.25, 0.3) is 0 Å². The fourth-order valence-corrected chi connectivity index (χ4v) is 1.85. The Balaban J connectivity index is 2.75. The molecule has 122 valence electrons. The van der Waals surface area contributed by atoms with Crippen LogP contribution in [0.4, 0.5) is 5.69 Å². The standard InChI is InChI=1S/C16H25N3O3/c1-11(2)10-18-16(21)13-6-4-5-7-14(13)19-15(20)8-12(9-17)22-3/h4-7,11-12H,8-10,17H2,1-3H3,(H,18,21)(H,19,20). The van der Waals surface area contributed by atoms with E-state index in [0.29, 0.717) is 23.7 Å². The number of carbonyl (C=O) groups excluding carboxylic acids is 2. The van der Waals surface area contributed by atoms with E-state index in [4.69, 9.17) is 10.5 Å². The average molecular weight is 307 g/mol. The number of anilines is 1. The topological polar surface area (TPSA) is 93.4 Å². The minimum absolute atomic E-state index is 0.148. The number of hydrogen-bond acceptors (Lipinski definition) is 4. The molecule has 22 heavy (non-hydrogen) atoms. The summed E-state index contributed by atoms with van der Waals surface area (Å²) >= 11 is 0. The van der Waals surface area contributed by atoms with E-state index in [1.54, 1.807) is 24.3 Å². The van der Waals surface area contributed by atoms with Crippen molar-refractivity contribution in [3.8, 4) is 0 Å². The first kappa shape index (κ1) is 18.1. The first-order valence-electron chi connectivity index (χ1n) is 7.37. The van der Waals surface area contributed by atoms with Crippen molar-refractivity contribution in [1.29, 1.82) is 0 Å². The minimum Gasteiger partial charge on any atom is -0.380 e. The summed E-state index contributed by atoms with van der Waals surface area (Å²) in [6.45, 7) is 4.89. The van der Waals surface area contributed by atoms with Gasteiger partial charge in [0.2, 0.25) is 5.91 Å². The molecule has 0 spiro atoms. The second-order valence-electron chi connectivity index (χ2n) is 5.50. The smallest absolute Gasteiger partial charge is 0.253 e. The van der Waals surface area contributed by atoms with Crippen LogP contribution in [0.3, 0.4) is 0 Å². The fraction of sp³-hybridized carbons (Fsp3) is 0.500. The van der Waals surface area contributed by atoms with Crippen LogP contribution in [0.5, 0.6) is 0 Å². The predicted molar refractivity (Wildman–Crippen MR) is 86.7 cm³/mol. The molecular weight excluding hydrogens is 282 g/mol. The lowest BCUT2D eigenvalue weighted by atomic mass is 10.1. The van der Waals surface area contributed by atoms with E-state index in [1.165, 1.54) is 7.11 Å². The molecule has 6 nitrogen and oxygen atoms in total. The van der Waals surface area contributed by atoms with Crippen LogP contribution in [0.1, 0.15) is 30.6 Å². The van der Waals surface area contributed by atoms with Gasteiger partial charge in [0, 0.05) is 20.2 Å². The van der Waals surface area contributed by atoms with Gasteiger partial charge in [0.1, 0.15) is 0 Å². The maximum Gasteiger partial charge on any atom is 0.253 e. The fourth-order valence-electron chi connectivity index (χ4n) is 1.85. The summed E-state index contributed by atoms with van der Waals surface area (Å²) in [5.41, 5.74) is 6.43. The molecule has 0 bridgehead atoms. The second-order valence-corrected chi connectivity index (χ2v) is 5.50. The molecule has 0 aliphatic heterocycles. The number of hydrogen-bond donors (Lipinski definition) is 3. The molecule has 1 atom stereocenters. The Morgan fingerprint density at radius 3 is 2.55 bits per heavy atom. The summed E-state index contributed by atoms with van der Waals surface area (Å²) in [5, 5.41) is 5.58. The van der Waals surface area contributed by atoms with E-state index in [-0.39, 0.29) is 30.9 Å². The predicted octanol–water partition coefficient (Wildman–Crippen LogP) is 1.37. The largest absolute Gasteiger partial charge is 0.380 e. The number of benzene rings is 1. The van der Waals surface area contributed by atoms with Gasteiger partial charge in [-0.25, -0.2) is 0 Å². The van der Waals surface area contributed by atoms with Crippen molar-refractivity contribution in [3.05, 3.63) is 29.8 Å². The molecule has 1 unspecified atom stereocenters. The lowest BCUT2D eigenvalue weighted by Gasteiger charge is -2.15. The minimum atomic E-state index is -0.332. The zero-order valence-electron chi connectivity index (χ0n) is 13.4. The van der Waals surface area contributed by atoms with Crippen molar-refractivity contribution in [2.45, 2.75) is 26.4 Å². The SMILES string of the molecule is COC(CN)CC(=O)Nc1ccccc1C(=O)NCC(C)C. The number of nitrogens with one attached hydrogen (secondary N) is 2. The molecule has 1 aromatic carbocycles. The van der Waals surface area contributed by atoms with Crippen LogP contribution < -0.4 is 16.4 Å². The highest BCUT2D eigenvalue weighted by molar-refractivity contribution is 6.03. The third-order valence-corrected chi connectivity index (χ3v) is 3.13. The molecule has 0 aliphatic rings. The van der Waals surface area contributed by atoms with Gasteiger partial charge in [-0.3, -0.25) is 9.59 Å². The van der Waals surface area contributed by atoms with Gasteiger partial charge in [-0.2, -0.15) is 0 Å². The highest BCUT2D eigenvalue weighted by Gasteiger charge is 2.15. The Kier molecular flexibility index (Phi) is 7.56. The van der Waals surface area contributed by atoms with Crippen LogP contribution >= 0.6 is 0 Å². The summed E-state index contributed by atoms with van der Waals surface area (Å²) in [4.78, 5) is 24.2. The van der Waals surface area contributed by atoms with Gasteiger partial charge in [0.05, 0.1) is 23.8 Å². The average Bonchev–Trinajstić information content (AvgIpc) is 2.50. The molecule has 0 aliphatic carbocycles. The molecule has 1 rings (SSSR count). The molecule has 2 amide bonds. The summed E-state index contributed by atoms with van der Waals surface area (Å²) in [5.74, 6) is -0.0779. The molecule has 0 saturated carbocycles. The number of amides is 2. The van der Waals surface area contributed by atoms with Crippen LogP contribution in [0.15, 0.2) is 24.3 Å². The van der Waals surface area contributed by atoms with E-state index in [9.17, 15) is 9.59 Å². The molecule has 0 radical (unpaired) electrons. The quantitative estimate of drug-likeness (QED) is 0.676. The van der Waals surface area contributed by atoms with Gasteiger partial charge in [-0.05, 0) is 18.1 Å². The van der Waals surface area contributed by atoms with Gasteiger partial charge >= 0.3 is 0 Å². The second kappa shape index (κ2) is 9.17. The molecule has 0 fully saturated rings. The maximum atomic E-state index is 12.2. The molecule has 0 saturated heterocycles. The lowest BCUT2D eigenvalue weighted by Crippen LogP contribution is -2.30. The zero-order chi connectivity index (χ0) is 16.5. The first-order valence-corrected chi connectivity index (χ1v) is 7.37. The molecule has 0 heterocycles. The number of methoxy groups -OCH3 is 1. The van der Waals surface area contributed by atoms with Crippen LogP contribution in [-0.4, -0.2) is 38.1 Å². The number of nitrogens with two attached hydrogens (primary N) is 1. The molecule has 6 heteroatoms. The summed E-state index contributed by atoms with van der Waals surface area (Å²) in [6, 6.07) is 6.91. The van der Waals surface area contributed by atoms with Gasteiger partial charge in [-0.15, -0.1) is 0 Å². The van der Waals surface area contributed by atoms with Crippen LogP contribution in [0, 0.1) is 5.92 Å². The molecule has 0 aromatic heterocycles. The first-order chi connectivity index (χ1) is 10.5. The number of para-hydroxylation sites is 1. The van der Waals surface area contributed by atoms with Crippen molar-refractivity contribution in [1.82, 2.24) is 5.32 Å². The van der Waals surface area contributed by atoms with E-state index in [0.717, 1.165) is 0 Å². The Labute approximate surface area is 131 Å². The van der Waals surface area contributed by atoms with Gasteiger partial charge in [-0.1, -0.05) is 26.0 Å². The number of rotatable bonds is 8. The van der Waals surface area contributed by atoms with Crippen LogP contribution in [-0.2, 0) is 9.53 Å². The third-order valence-electron chi connectivity index (χ3n) is 3.13. The monoisotopic (exact) mass is 307 g/mol. The van der Waals surface area contributed by atoms with Crippen LogP contribution in [0.2, 0.25) is 0 Å². The van der Waals surface area contributed by atoms with E-state index < -0.39 is 0 Å². The Hall–Kier alpha value is -1.92. The van der Waals surface area contributed by atoms with E-state index >= 15 is 0 Å².